The first-order chi connectivity index (χ1) is 8.99. The van der Waals surface area contributed by atoms with Gasteiger partial charge in [0.1, 0.15) is 5.01 Å². The van der Waals surface area contributed by atoms with Gasteiger partial charge < -0.3 is 5.73 Å². The fourth-order valence-corrected chi connectivity index (χ4v) is 4.37. The Morgan fingerprint density at radius 3 is 2.37 bits per heavy atom. The summed E-state index contributed by atoms with van der Waals surface area (Å²) in [6.07, 6.45) is 0. The van der Waals surface area contributed by atoms with Crippen molar-refractivity contribution in [1.29, 1.82) is 0 Å². The van der Waals surface area contributed by atoms with Gasteiger partial charge in [-0.05, 0) is 0 Å². The standard InChI is InChI=1S/C14H24N4S/c1-14(2,3)12-11(8-15)19-13(16-12)10-9-17-4-6-18(10)7-5-17/h10H,4-9,15H2,1-3H3. The van der Waals surface area contributed by atoms with E-state index >= 15 is 0 Å². The lowest BCUT2D eigenvalue weighted by molar-refractivity contribution is 0.0122. The summed E-state index contributed by atoms with van der Waals surface area (Å²) in [4.78, 5) is 11.4. The second kappa shape index (κ2) is 4.81. The van der Waals surface area contributed by atoms with Crippen LogP contribution in [0.2, 0.25) is 0 Å². The molecule has 0 spiro atoms. The van der Waals surface area contributed by atoms with Crippen LogP contribution in [0.3, 0.4) is 0 Å². The Balaban J connectivity index is 1.91. The largest absolute Gasteiger partial charge is 0.326 e. The van der Waals surface area contributed by atoms with E-state index in [0.717, 1.165) is 6.54 Å². The van der Waals surface area contributed by atoms with Crippen molar-refractivity contribution >= 4 is 11.3 Å². The molecule has 0 radical (unpaired) electrons. The van der Waals surface area contributed by atoms with E-state index in [1.165, 1.54) is 41.8 Å². The maximum atomic E-state index is 5.91. The molecule has 1 atom stereocenters. The summed E-state index contributed by atoms with van der Waals surface area (Å²) in [7, 11) is 0. The Morgan fingerprint density at radius 2 is 1.95 bits per heavy atom. The second-order valence-corrected chi connectivity index (χ2v) is 7.75. The number of nitrogens with two attached hydrogens (primary N) is 1. The summed E-state index contributed by atoms with van der Waals surface area (Å²) in [5.74, 6) is 0. The van der Waals surface area contributed by atoms with Crippen LogP contribution in [0.5, 0.6) is 0 Å². The van der Waals surface area contributed by atoms with Crippen LogP contribution in [0, 0.1) is 0 Å². The van der Waals surface area contributed by atoms with Crippen LogP contribution in [-0.4, -0.2) is 47.5 Å². The summed E-state index contributed by atoms with van der Waals surface area (Å²) >= 11 is 1.83. The lowest BCUT2D eigenvalue weighted by Crippen LogP contribution is -2.56. The molecule has 3 aliphatic rings. The van der Waals surface area contributed by atoms with Crippen molar-refractivity contribution in [3.8, 4) is 0 Å². The zero-order valence-corrected chi connectivity index (χ0v) is 13.0. The average Bonchev–Trinajstić information content (AvgIpc) is 2.84. The molecule has 4 rings (SSSR count). The van der Waals surface area contributed by atoms with Crippen LogP contribution in [0.25, 0.3) is 0 Å². The second-order valence-electron chi connectivity index (χ2n) is 6.63. The minimum Gasteiger partial charge on any atom is -0.326 e. The van der Waals surface area contributed by atoms with Crippen molar-refractivity contribution in [1.82, 2.24) is 14.8 Å². The number of fused-ring (bicyclic) bond motifs is 3. The maximum absolute atomic E-state index is 5.91. The first-order valence-electron chi connectivity index (χ1n) is 7.15. The summed E-state index contributed by atoms with van der Waals surface area (Å²) in [5, 5.41) is 1.27. The number of hydrogen-bond donors (Lipinski definition) is 1. The van der Waals surface area contributed by atoms with E-state index in [4.69, 9.17) is 10.7 Å². The number of thiazole rings is 1. The normalized spacial score (nSPS) is 30.8. The van der Waals surface area contributed by atoms with Crippen molar-refractivity contribution in [2.75, 3.05) is 32.7 Å². The maximum Gasteiger partial charge on any atom is 0.112 e. The van der Waals surface area contributed by atoms with Crippen molar-refractivity contribution in [2.45, 2.75) is 38.8 Å². The van der Waals surface area contributed by atoms with Gasteiger partial charge in [0.25, 0.3) is 0 Å². The Kier molecular flexibility index (Phi) is 3.41. The van der Waals surface area contributed by atoms with Crippen molar-refractivity contribution < 1.29 is 0 Å². The topological polar surface area (TPSA) is 45.4 Å². The molecule has 0 aromatic carbocycles. The summed E-state index contributed by atoms with van der Waals surface area (Å²) in [6.45, 7) is 13.2. The van der Waals surface area contributed by atoms with Gasteiger partial charge >= 0.3 is 0 Å². The highest BCUT2D eigenvalue weighted by atomic mass is 32.1. The summed E-state index contributed by atoms with van der Waals surface area (Å²) in [5.41, 5.74) is 7.20. The van der Waals surface area contributed by atoms with Crippen LogP contribution >= 0.6 is 11.3 Å². The van der Waals surface area contributed by atoms with Crippen molar-refractivity contribution in [3.05, 3.63) is 15.6 Å². The molecule has 3 aliphatic heterocycles. The minimum atomic E-state index is 0.0900. The molecule has 2 bridgehead atoms. The zero-order valence-electron chi connectivity index (χ0n) is 12.1. The smallest absolute Gasteiger partial charge is 0.112 e. The van der Waals surface area contributed by atoms with E-state index in [9.17, 15) is 0 Å². The first-order valence-corrected chi connectivity index (χ1v) is 7.97. The van der Waals surface area contributed by atoms with Crippen molar-refractivity contribution in [2.24, 2.45) is 5.73 Å². The highest BCUT2D eigenvalue weighted by Crippen LogP contribution is 2.36. The van der Waals surface area contributed by atoms with Gasteiger partial charge in [-0.2, -0.15) is 0 Å². The van der Waals surface area contributed by atoms with Gasteiger partial charge in [0.15, 0.2) is 0 Å². The Morgan fingerprint density at radius 1 is 1.26 bits per heavy atom. The molecule has 0 saturated carbocycles. The van der Waals surface area contributed by atoms with Crippen LogP contribution < -0.4 is 5.73 Å². The summed E-state index contributed by atoms with van der Waals surface area (Å²) in [6, 6.07) is 0.494. The molecule has 0 aliphatic carbocycles. The molecule has 106 valence electrons. The van der Waals surface area contributed by atoms with Gasteiger partial charge in [-0.15, -0.1) is 11.3 Å². The molecule has 1 unspecified atom stereocenters. The monoisotopic (exact) mass is 280 g/mol. The summed E-state index contributed by atoms with van der Waals surface area (Å²) < 4.78 is 0. The molecule has 0 amide bonds. The van der Waals surface area contributed by atoms with Gasteiger partial charge in [0, 0.05) is 49.6 Å². The SMILES string of the molecule is CC(C)(C)c1nc(C2CN3CCN2CC3)sc1CN. The van der Waals surface area contributed by atoms with Gasteiger partial charge in [0.2, 0.25) is 0 Å². The van der Waals surface area contributed by atoms with E-state index < -0.39 is 0 Å². The third kappa shape index (κ3) is 2.44. The van der Waals surface area contributed by atoms with E-state index in [1.807, 2.05) is 11.3 Å². The number of hydrogen-bond acceptors (Lipinski definition) is 5. The van der Waals surface area contributed by atoms with Crippen molar-refractivity contribution in [3.63, 3.8) is 0 Å². The van der Waals surface area contributed by atoms with Gasteiger partial charge in [-0.1, -0.05) is 20.8 Å². The molecule has 1 aromatic rings. The zero-order chi connectivity index (χ0) is 13.6. The molecule has 4 heterocycles. The molecule has 1 aromatic heterocycles. The Bertz CT molecular complexity index is 455. The lowest BCUT2D eigenvalue weighted by atomic mass is 9.91. The Hall–Kier alpha value is -0.490. The first kappa shape index (κ1) is 13.5. The van der Waals surface area contributed by atoms with E-state index in [2.05, 4.69) is 30.6 Å². The molecule has 3 fully saturated rings. The van der Waals surface area contributed by atoms with Crippen LogP contribution in [-0.2, 0) is 12.0 Å². The molecular weight excluding hydrogens is 256 g/mol. The predicted molar refractivity (Wildman–Crippen MR) is 79.5 cm³/mol. The minimum absolute atomic E-state index is 0.0900. The Labute approximate surface area is 119 Å². The third-order valence-electron chi connectivity index (χ3n) is 4.17. The molecule has 3 saturated heterocycles. The molecule has 4 nitrogen and oxygen atoms in total. The number of nitrogens with zero attached hydrogens (tertiary/aromatic N) is 3. The van der Waals surface area contributed by atoms with Crippen LogP contribution in [0.1, 0.15) is 42.4 Å². The number of piperazine rings is 3. The fraction of sp³-hybridized carbons (Fsp3) is 0.786. The number of aromatic nitrogens is 1. The third-order valence-corrected chi connectivity index (χ3v) is 5.35. The van der Waals surface area contributed by atoms with E-state index in [0.29, 0.717) is 12.6 Å². The van der Waals surface area contributed by atoms with Gasteiger partial charge in [0.05, 0.1) is 11.7 Å². The van der Waals surface area contributed by atoms with Crippen LogP contribution in [0.15, 0.2) is 0 Å². The highest BCUT2D eigenvalue weighted by Gasteiger charge is 2.35. The average molecular weight is 280 g/mol. The fourth-order valence-electron chi connectivity index (χ4n) is 3.09. The lowest BCUT2D eigenvalue weighted by Gasteiger charge is -2.46. The number of rotatable bonds is 2. The van der Waals surface area contributed by atoms with E-state index in [-0.39, 0.29) is 5.41 Å². The molecule has 5 heteroatoms. The van der Waals surface area contributed by atoms with E-state index in [1.54, 1.807) is 0 Å². The quantitative estimate of drug-likeness (QED) is 0.893. The molecule has 2 N–H and O–H groups in total. The highest BCUT2D eigenvalue weighted by molar-refractivity contribution is 7.11. The van der Waals surface area contributed by atoms with Gasteiger partial charge in [-0.25, -0.2) is 4.98 Å². The molecular formula is C14H24N4S. The van der Waals surface area contributed by atoms with Gasteiger partial charge in [-0.3, -0.25) is 9.80 Å². The van der Waals surface area contributed by atoms with Crippen LogP contribution in [0.4, 0.5) is 0 Å². The molecule has 19 heavy (non-hydrogen) atoms. The predicted octanol–water partition coefficient (Wildman–Crippen LogP) is 1.57.